The lowest BCUT2D eigenvalue weighted by Crippen LogP contribution is -2.36. The van der Waals surface area contributed by atoms with E-state index in [0.29, 0.717) is 11.8 Å². The van der Waals surface area contributed by atoms with E-state index in [2.05, 4.69) is 25.0 Å². The van der Waals surface area contributed by atoms with E-state index in [1.807, 2.05) is 43.3 Å². The summed E-state index contributed by atoms with van der Waals surface area (Å²) in [5.74, 6) is 1.40. The van der Waals surface area contributed by atoms with Crippen LogP contribution in [0.15, 0.2) is 52.2 Å². The molecule has 2 fully saturated rings. The number of carbonyl (C=O) groups excluding carboxylic acids is 1. The molecule has 3 aromatic rings. The average Bonchev–Trinajstić information content (AvgIpc) is 3.56. The Morgan fingerprint density at radius 3 is 2.56 bits per heavy atom. The van der Waals surface area contributed by atoms with Crippen LogP contribution >= 0.6 is 11.8 Å². The zero-order valence-electron chi connectivity index (χ0n) is 19.5. The Morgan fingerprint density at radius 2 is 1.85 bits per heavy atom. The minimum Gasteiger partial charge on any atom is -0.461 e. The maximum absolute atomic E-state index is 13.0. The molecule has 1 aliphatic heterocycles. The lowest BCUT2D eigenvalue weighted by Gasteiger charge is -2.29. The van der Waals surface area contributed by atoms with E-state index in [9.17, 15) is 4.79 Å². The molecule has 1 saturated carbocycles. The van der Waals surface area contributed by atoms with Crippen LogP contribution in [0.4, 0.5) is 11.4 Å². The number of hydrogen-bond donors (Lipinski definition) is 1. The summed E-state index contributed by atoms with van der Waals surface area (Å²) in [7, 11) is 0. The lowest BCUT2D eigenvalue weighted by atomic mass is 9.95. The number of morpholine rings is 1. The van der Waals surface area contributed by atoms with E-state index in [1.54, 1.807) is 6.26 Å². The highest BCUT2D eigenvalue weighted by molar-refractivity contribution is 8.00. The molecule has 1 aromatic carbocycles. The maximum Gasteiger partial charge on any atom is 0.237 e. The molecule has 1 saturated heterocycles. The molecule has 0 spiro atoms. The molecule has 2 aromatic heterocycles. The summed E-state index contributed by atoms with van der Waals surface area (Å²) in [5, 5.41) is 12.4. The topological polar surface area (TPSA) is 85.4 Å². The highest BCUT2D eigenvalue weighted by Crippen LogP contribution is 2.36. The minimum atomic E-state index is -0.324. The molecule has 9 heteroatoms. The van der Waals surface area contributed by atoms with Crippen LogP contribution in [0.5, 0.6) is 0 Å². The van der Waals surface area contributed by atoms with Gasteiger partial charge >= 0.3 is 0 Å². The third-order valence-corrected chi connectivity index (χ3v) is 7.57. The Labute approximate surface area is 204 Å². The van der Waals surface area contributed by atoms with Crippen LogP contribution < -0.4 is 10.2 Å². The normalized spacial score (nSPS) is 18.1. The van der Waals surface area contributed by atoms with Gasteiger partial charge in [0.1, 0.15) is 0 Å². The molecule has 1 aliphatic carbocycles. The zero-order valence-corrected chi connectivity index (χ0v) is 20.3. The quantitative estimate of drug-likeness (QED) is 0.475. The van der Waals surface area contributed by atoms with Gasteiger partial charge in [0.05, 0.1) is 24.7 Å². The minimum absolute atomic E-state index is 0.0538. The molecular formula is C25H31N5O3S. The number of ether oxygens (including phenoxy) is 1. The molecule has 0 bridgehead atoms. The number of furan rings is 1. The number of nitrogens with one attached hydrogen (secondary N) is 1. The van der Waals surface area contributed by atoms with Crippen molar-refractivity contribution in [2.45, 2.75) is 55.5 Å². The van der Waals surface area contributed by atoms with Crippen molar-refractivity contribution in [3.8, 4) is 11.6 Å². The molecule has 8 nitrogen and oxygen atoms in total. The van der Waals surface area contributed by atoms with Crippen molar-refractivity contribution >= 4 is 29.0 Å². The van der Waals surface area contributed by atoms with Gasteiger partial charge in [-0.05, 0) is 56.2 Å². The van der Waals surface area contributed by atoms with Crippen LogP contribution in [-0.2, 0) is 9.53 Å². The van der Waals surface area contributed by atoms with E-state index in [0.717, 1.165) is 61.5 Å². The Balaban J connectivity index is 1.27. The van der Waals surface area contributed by atoms with Crippen LogP contribution in [0, 0.1) is 0 Å². The number of amides is 1. The number of aromatic nitrogens is 3. The summed E-state index contributed by atoms with van der Waals surface area (Å²) in [4.78, 5) is 15.3. The second-order valence-corrected chi connectivity index (χ2v) is 10.1. The van der Waals surface area contributed by atoms with Crippen LogP contribution in [0.2, 0.25) is 0 Å². The molecule has 1 N–H and O–H groups in total. The number of rotatable bonds is 7. The van der Waals surface area contributed by atoms with Crippen molar-refractivity contribution in [2.24, 2.45) is 0 Å². The highest BCUT2D eigenvalue weighted by Gasteiger charge is 2.27. The smallest absolute Gasteiger partial charge is 0.237 e. The lowest BCUT2D eigenvalue weighted by molar-refractivity contribution is -0.115. The molecule has 3 heterocycles. The summed E-state index contributed by atoms with van der Waals surface area (Å²) in [6.45, 7) is 5.19. The highest BCUT2D eigenvalue weighted by atomic mass is 32.2. The van der Waals surface area contributed by atoms with E-state index in [4.69, 9.17) is 9.15 Å². The summed E-state index contributed by atoms with van der Waals surface area (Å²) < 4.78 is 13.2. The van der Waals surface area contributed by atoms with Crippen molar-refractivity contribution in [1.29, 1.82) is 0 Å². The maximum atomic E-state index is 13.0. The second-order valence-electron chi connectivity index (χ2n) is 8.84. The molecular weight excluding hydrogens is 450 g/mol. The zero-order chi connectivity index (χ0) is 23.3. The predicted octanol–water partition coefficient (Wildman–Crippen LogP) is 5.00. The Hall–Kier alpha value is -2.78. The van der Waals surface area contributed by atoms with E-state index in [-0.39, 0.29) is 11.2 Å². The van der Waals surface area contributed by atoms with Gasteiger partial charge in [-0.1, -0.05) is 31.0 Å². The van der Waals surface area contributed by atoms with E-state index in [1.165, 1.54) is 31.0 Å². The summed E-state index contributed by atoms with van der Waals surface area (Å²) in [6, 6.07) is 12.1. The fourth-order valence-corrected chi connectivity index (χ4v) is 5.55. The van der Waals surface area contributed by atoms with Gasteiger partial charge in [0.2, 0.25) is 11.7 Å². The Bertz CT molecular complexity index is 1070. The van der Waals surface area contributed by atoms with Crippen molar-refractivity contribution in [1.82, 2.24) is 14.8 Å². The number of hydrogen-bond acceptors (Lipinski definition) is 7. The van der Waals surface area contributed by atoms with Crippen LogP contribution in [-0.4, -0.2) is 52.2 Å². The van der Waals surface area contributed by atoms with Crippen molar-refractivity contribution in [3.05, 3.63) is 42.7 Å². The molecule has 1 amide bonds. The summed E-state index contributed by atoms with van der Waals surface area (Å²) >= 11 is 1.45. The largest absolute Gasteiger partial charge is 0.461 e. The van der Waals surface area contributed by atoms with Gasteiger partial charge in [-0.3, -0.25) is 9.36 Å². The van der Waals surface area contributed by atoms with Gasteiger partial charge in [-0.25, -0.2) is 0 Å². The fourth-order valence-electron chi connectivity index (χ4n) is 4.63. The molecule has 0 unspecified atom stereocenters. The molecule has 2 aliphatic rings. The fraction of sp³-hybridized carbons (Fsp3) is 0.480. The predicted molar refractivity (Wildman–Crippen MR) is 133 cm³/mol. The molecule has 5 rings (SSSR count). The van der Waals surface area contributed by atoms with Gasteiger partial charge < -0.3 is 19.4 Å². The Kier molecular flexibility index (Phi) is 7.20. The third-order valence-electron chi connectivity index (χ3n) is 6.51. The number of thioether (sulfide) groups is 1. The van der Waals surface area contributed by atoms with Gasteiger partial charge in [0.25, 0.3) is 0 Å². The number of benzene rings is 1. The van der Waals surface area contributed by atoms with Gasteiger partial charge in [0.15, 0.2) is 10.9 Å². The van der Waals surface area contributed by atoms with Gasteiger partial charge in [-0.15, -0.1) is 10.2 Å². The third kappa shape index (κ3) is 5.15. The number of anilines is 2. The summed E-state index contributed by atoms with van der Waals surface area (Å²) in [6.07, 6.45) is 7.50. The molecule has 1 atom stereocenters. The standard InChI is InChI=1S/C25H31N5O3S/c1-18(24(31)26-19-9-11-20(12-10-19)29-13-16-32-17-14-29)34-25-28-27-23(22-8-5-15-33-22)30(25)21-6-3-2-4-7-21/h5,8-12,15,18,21H,2-4,6-7,13-14,16-17H2,1H3,(H,26,31)/t18-/m0/s1. The van der Waals surface area contributed by atoms with Gasteiger partial charge in [0, 0.05) is 30.5 Å². The van der Waals surface area contributed by atoms with E-state index >= 15 is 0 Å². The van der Waals surface area contributed by atoms with E-state index < -0.39 is 0 Å². The Morgan fingerprint density at radius 1 is 1.09 bits per heavy atom. The molecule has 0 radical (unpaired) electrons. The van der Waals surface area contributed by atoms with Crippen LogP contribution in [0.1, 0.15) is 45.1 Å². The summed E-state index contributed by atoms with van der Waals surface area (Å²) in [5.41, 5.74) is 1.94. The van der Waals surface area contributed by atoms with Crippen molar-refractivity contribution < 1.29 is 13.9 Å². The first kappa shape index (κ1) is 23.0. The first-order chi connectivity index (χ1) is 16.7. The molecule has 34 heavy (non-hydrogen) atoms. The first-order valence-electron chi connectivity index (χ1n) is 12.1. The second kappa shape index (κ2) is 10.7. The van der Waals surface area contributed by atoms with Crippen molar-refractivity contribution in [2.75, 3.05) is 36.5 Å². The monoisotopic (exact) mass is 481 g/mol. The van der Waals surface area contributed by atoms with Crippen LogP contribution in [0.25, 0.3) is 11.6 Å². The van der Waals surface area contributed by atoms with Crippen LogP contribution in [0.3, 0.4) is 0 Å². The van der Waals surface area contributed by atoms with Gasteiger partial charge in [-0.2, -0.15) is 0 Å². The SMILES string of the molecule is C[C@H](Sc1nnc(-c2ccco2)n1C1CCCCC1)C(=O)Nc1ccc(N2CCOCC2)cc1. The first-order valence-corrected chi connectivity index (χ1v) is 13.0. The average molecular weight is 482 g/mol. The number of nitrogens with zero attached hydrogens (tertiary/aromatic N) is 4. The van der Waals surface area contributed by atoms with Crippen molar-refractivity contribution in [3.63, 3.8) is 0 Å². The number of carbonyl (C=O) groups is 1. The molecule has 180 valence electrons.